The highest BCUT2D eigenvalue weighted by Gasteiger charge is 2.40. The van der Waals surface area contributed by atoms with Crippen molar-refractivity contribution in [3.63, 3.8) is 0 Å². The largest absolute Gasteiger partial charge is 0.496 e. The number of nitrogens with two attached hydrogens (primary N) is 1. The number of nitrogens with zero attached hydrogens (tertiary/aromatic N) is 1. The van der Waals surface area contributed by atoms with Gasteiger partial charge in [-0.25, -0.2) is 4.98 Å². The average Bonchev–Trinajstić information content (AvgIpc) is 2.69. The van der Waals surface area contributed by atoms with Crippen molar-refractivity contribution in [1.82, 2.24) is 10.3 Å². The van der Waals surface area contributed by atoms with Crippen LogP contribution in [0.1, 0.15) is 31.2 Å². The van der Waals surface area contributed by atoms with Crippen LogP contribution in [-0.4, -0.2) is 31.1 Å². The molecule has 1 fully saturated rings. The Bertz CT molecular complexity index is 817. The summed E-state index contributed by atoms with van der Waals surface area (Å²) >= 11 is 0. The van der Waals surface area contributed by atoms with Gasteiger partial charge in [0, 0.05) is 17.8 Å². The number of methoxy groups -OCH3 is 1. The lowest BCUT2D eigenvalue weighted by atomic mass is 9.68. The van der Waals surface area contributed by atoms with Crippen molar-refractivity contribution in [3.8, 4) is 16.9 Å². The van der Waals surface area contributed by atoms with Crippen molar-refractivity contribution in [1.29, 1.82) is 0 Å². The number of hydrogen-bond acceptors (Lipinski definition) is 4. The minimum atomic E-state index is -0.604. The number of carbonyl (C=O) groups excluding carboxylic acids is 1. The molecule has 0 aliphatic heterocycles. The zero-order chi connectivity index (χ0) is 19.4. The summed E-state index contributed by atoms with van der Waals surface area (Å²) in [6.45, 7) is 0. The Morgan fingerprint density at radius 3 is 2.70 bits per heavy atom. The summed E-state index contributed by atoms with van der Waals surface area (Å²) in [5.41, 5.74) is 7.22. The highest BCUT2D eigenvalue weighted by Crippen LogP contribution is 2.41. The third-order valence-corrected chi connectivity index (χ3v) is 5.75. The van der Waals surface area contributed by atoms with Crippen LogP contribution in [0.2, 0.25) is 0 Å². The first kappa shape index (κ1) is 19.3. The number of halogens is 1. The Kier molecular flexibility index (Phi) is 5.75. The number of ether oxygens (including phenoxy) is 1. The molecule has 27 heavy (non-hydrogen) atoms. The van der Waals surface area contributed by atoms with E-state index in [2.05, 4.69) is 10.3 Å². The number of benzene rings is 1. The van der Waals surface area contributed by atoms with E-state index in [1.807, 2.05) is 19.2 Å². The fourth-order valence-electron chi connectivity index (χ4n) is 4.02. The highest BCUT2D eigenvalue weighted by atomic mass is 19.1. The van der Waals surface area contributed by atoms with Crippen LogP contribution < -0.4 is 15.8 Å². The van der Waals surface area contributed by atoms with Crippen LogP contribution in [0, 0.1) is 11.4 Å². The highest BCUT2D eigenvalue weighted by molar-refractivity contribution is 5.81. The van der Waals surface area contributed by atoms with Gasteiger partial charge < -0.3 is 15.8 Å². The molecule has 1 saturated carbocycles. The molecule has 6 heteroatoms. The number of amides is 1. The zero-order valence-electron chi connectivity index (χ0n) is 15.8. The molecule has 3 rings (SSSR count). The van der Waals surface area contributed by atoms with E-state index in [9.17, 15) is 9.18 Å². The van der Waals surface area contributed by atoms with Gasteiger partial charge in [0.05, 0.1) is 12.5 Å². The van der Waals surface area contributed by atoms with Gasteiger partial charge in [-0.05, 0) is 74.5 Å². The normalized spacial score (nSPS) is 22.4. The minimum Gasteiger partial charge on any atom is -0.496 e. The van der Waals surface area contributed by atoms with E-state index >= 15 is 0 Å². The first-order chi connectivity index (χ1) is 13.0. The minimum absolute atomic E-state index is 0.280. The van der Waals surface area contributed by atoms with Gasteiger partial charge in [-0.1, -0.05) is 6.07 Å². The molecule has 0 bridgehead atoms. The maximum atomic E-state index is 14.1. The second kappa shape index (κ2) is 8.05. The second-order valence-electron chi connectivity index (χ2n) is 7.25. The van der Waals surface area contributed by atoms with Gasteiger partial charge in [0.25, 0.3) is 0 Å². The number of hydrogen-bond donors (Lipinski definition) is 2. The van der Waals surface area contributed by atoms with Crippen LogP contribution in [0.3, 0.4) is 0 Å². The van der Waals surface area contributed by atoms with Crippen molar-refractivity contribution < 1.29 is 13.9 Å². The SMILES string of the molecule is CNC1CCC(Cc2cc(-c3cccnc3F)ccc2OC)(C(N)=O)CC1. The Morgan fingerprint density at radius 1 is 1.37 bits per heavy atom. The summed E-state index contributed by atoms with van der Waals surface area (Å²) in [5.74, 6) is -0.121. The van der Waals surface area contributed by atoms with Crippen molar-refractivity contribution in [2.24, 2.45) is 11.1 Å². The Labute approximate surface area is 159 Å². The van der Waals surface area contributed by atoms with Gasteiger partial charge in [0.2, 0.25) is 11.9 Å². The molecule has 2 aromatic rings. The van der Waals surface area contributed by atoms with E-state index in [4.69, 9.17) is 10.5 Å². The summed E-state index contributed by atoms with van der Waals surface area (Å²) in [6.07, 6.45) is 5.16. The predicted octanol–water partition coefficient (Wildman–Crippen LogP) is 3.07. The fraction of sp³-hybridized carbons (Fsp3) is 0.429. The molecule has 0 atom stereocenters. The summed E-state index contributed by atoms with van der Waals surface area (Å²) in [5, 5.41) is 3.28. The quantitative estimate of drug-likeness (QED) is 0.765. The average molecular weight is 371 g/mol. The summed E-state index contributed by atoms with van der Waals surface area (Å²) in [7, 11) is 3.54. The lowest BCUT2D eigenvalue weighted by Crippen LogP contribution is -2.45. The Balaban J connectivity index is 1.96. The van der Waals surface area contributed by atoms with Gasteiger partial charge >= 0.3 is 0 Å². The van der Waals surface area contributed by atoms with E-state index in [1.54, 1.807) is 25.3 Å². The first-order valence-electron chi connectivity index (χ1n) is 9.24. The van der Waals surface area contributed by atoms with Crippen molar-refractivity contribution in [2.45, 2.75) is 38.1 Å². The number of nitrogens with one attached hydrogen (secondary N) is 1. The Morgan fingerprint density at radius 2 is 2.11 bits per heavy atom. The molecular formula is C21H26FN3O2. The standard InChI is InChI=1S/C21H26FN3O2/c1-24-16-7-9-21(10-8-16,20(23)26)13-15-12-14(5-6-18(15)27-2)17-4-3-11-25-19(17)22/h3-6,11-12,16,24H,7-10,13H2,1-2H3,(H2,23,26). The zero-order valence-corrected chi connectivity index (χ0v) is 15.8. The lowest BCUT2D eigenvalue weighted by molar-refractivity contribution is -0.129. The van der Waals surface area contributed by atoms with E-state index in [-0.39, 0.29) is 5.91 Å². The molecule has 1 heterocycles. The van der Waals surface area contributed by atoms with Crippen LogP contribution in [0.4, 0.5) is 4.39 Å². The first-order valence-corrected chi connectivity index (χ1v) is 9.24. The Hall–Kier alpha value is -2.47. The van der Waals surface area contributed by atoms with Gasteiger partial charge in [-0.2, -0.15) is 4.39 Å². The molecule has 1 aromatic heterocycles. The molecular weight excluding hydrogens is 345 g/mol. The van der Waals surface area contributed by atoms with Crippen LogP contribution in [0.5, 0.6) is 5.75 Å². The topological polar surface area (TPSA) is 77.2 Å². The van der Waals surface area contributed by atoms with Crippen LogP contribution in [-0.2, 0) is 11.2 Å². The van der Waals surface area contributed by atoms with Gasteiger partial charge in [0.15, 0.2) is 0 Å². The third-order valence-electron chi connectivity index (χ3n) is 5.75. The van der Waals surface area contributed by atoms with E-state index in [0.29, 0.717) is 29.3 Å². The molecule has 3 N–H and O–H groups in total. The maximum Gasteiger partial charge on any atom is 0.223 e. The molecule has 0 unspecified atom stereocenters. The molecule has 0 spiro atoms. The van der Waals surface area contributed by atoms with Crippen molar-refractivity contribution in [3.05, 3.63) is 48.0 Å². The number of rotatable bonds is 6. The van der Waals surface area contributed by atoms with Crippen molar-refractivity contribution >= 4 is 5.91 Å². The summed E-state index contributed by atoms with van der Waals surface area (Å²) in [6, 6.07) is 9.30. The predicted molar refractivity (Wildman–Crippen MR) is 103 cm³/mol. The molecule has 1 aromatic carbocycles. The molecule has 1 aliphatic rings. The molecule has 1 amide bonds. The number of carbonyl (C=O) groups is 1. The van der Waals surface area contributed by atoms with E-state index < -0.39 is 11.4 Å². The maximum absolute atomic E-state index is 14.1. The monoisotopic (exact) mass is 371 g/mol. The number of primary amides is 1. The van der Waals surface area contributed by atoms with Crippen LogP contribution >= 0.6 is 0 Å². The summed E-state index contributed by atoms with van der Waals surface area (Å²) < 4.78 is 19.6. The lowest BCUT2D eigenvalue weighted by Gasteiger charge is -2.38. The van der Waals surface area contributed by atoms with Gasteiger partial charge in [-0.3, -0.25) is 4.79 Å². The number of aromatic nitrogens is 1. The molecule has 1 aliphatic carbocycles. The van der Waals surface area contributed by atoms with Crippen molar-refractivity contribution in [2.75, 3.05) is 14.2 Å². The fourth-order valence-corrected chi connectivity index (χ4v) is 4.02. The summed E-state index contributed by atoms with van der Waals surface area (Å²) in [4.78, 5) is 16.1. The van der Waals surface area contributed by atoms with Crippen LogP contribution in [0.25, 0.3) is 11.1 Å². The molecule has 0 radical (unpaired) electrons. The van der Waals surface area contributed by atoms with Crippen LogP contribution in [0.15, 0.2) is 36.5 Å². The van der Waals surface area contributed by atoms with E-state index in [1.165, 1.54) is 6.20 Å². The van der Waals surface area contributed by atoms with E-state index in [0.717, 1.165) is 31.2 Å². The third kappa shape index (κ3) is 3.95. The number of pyridine rings is 1. The molecule has 144 valence electrons. The smallest absolute Gasteiger partial charge is 0.223 e. The molecule has 5 nitrogen and oxygen atoms in total. The van der Waals surface area contributed by atoms with Gasteiger partial charge in [0.1, 0.15) is 5.75 Å². The van der Waals surface area contributed by atoms with Gasteiger partial charge in [-0.15, -0.1) is 0 Å². The second-order valence-corrected chi connectivity index (χ2v) is 7.25. The molecule has 0 saturated heterocycles.